The fourth-order valence-corrected chi connectivity index (χ4v) is 4.33. The minimum Gasteiger partial charge on any atom is -0.393 e. The number of aliphatic hydroxyl groups excluding tert-OH is 1. The van der Waals surface area contributed by atoms with Gasteiger partial charge in [-0.3, -0.25) is 0 Å². The molecule has 0 aromatic heterocycles. The van der Waals surface area contributed by atoms with Gasteiger partial charge < -0.3 is 15.3 Å². The summed E-state index contributed by atoms with van der Waals surface area (Å²) in [4.78, 5) is 2.41. The van der Waals surface area contributed by atoms with Crippen LogP contribution in [0.25, 0.3) is 0 Å². The molecule has 1 saturated heterocycles. The lowest BCUT2D eigenvalue weighted by molar-refractivity contribution is 0.133. The van der Waals surface area contributed by atoms with Crippen LogP contribution in [0, 0.1) is 11.8 Å². The second-order valence-electron chi connectivity index (χ2n) is 6.88. The summed E-state index contributed by atoms with van der Waals surface area (Å²) < 4.78 is 0. The molecule has 1 aliphatic heterocycles. The zero-order valence-electron chi connectivity index (χ0n) is 12.3. The minimum absolute atomic E-state index is 0.115. The molecule has 3 unspecified atom stereocenters. The van der Waals surface area contributed by atoms with Crippen LogP contribution in [-0.4, -0.2) is 30.3 Å². The van der Waals surface area contributed by atoms with E-state index in [0.717, 1.165) is 37.5 Å². The van der Waals surface area contributed by atoms with Crippen molar-refractivity contribution in [2.75, 3.05) is 18.0 Å². The molecule has 114 valence electrons. The Morgan fingerprint density at radius 3 is 2.81 bits per heavy atom. The second-order valence-corrected chi connectivity index (χ2v) is 7.28. The smallest absolute Gasteiger partial charge is 0.0642 e. The number of fused-ring (bicyclic) bond motifs is 1. The molecular formula is C17H23ClN2O. The molecule has 0 spiro atoms. The quantitative estimate of drug-likeness (QED) is 0.898. The Balaban J connectivity index is 1.56. The second kappa shape index (κ2) is 5.45. The topological polar surface area (TPSA) is 35.5 Å². The van der Waals surface area contributed by atoms with Crippen LogP contribution in [0.5, 0.6) is 0 Å². The molecule has 3 fully saturated rings. The van der Waals surface area contributed by atoms with Crippen molar-refractivity contribution in [3.05, 3.63) is 28.8 Å². The van der Waals surface area contributed by atoms with E-state index in [0.29, 0.717) is 17.9 Å². The van der Waals surface area contributed by atoms with Gasteiger partial charge in [-0.15, -0.1) is 0 Å². The number of nitrogens with one attached hydrogen (secondary N) is 1. The molecule has 21 heavy (non-hydrogen) atoms. The van der Waals surface area contributed by atoms with Crippen LogP contribution < -0.4 is 10.2 Å². The summed E-state index contributed by atoms with van der Waals surface area (Å²) in [5.74, 6) is 1.08. The normalized spacial score (nSPS) is 31.7. The molecule has 0 amide bonds. The maximum absolute atomic E-state index is 10.1. The lowest BCUT2D eigenvalue weighted by Crippen LogP contribution is -2.26. The van der Waals surface area contributed by atoms with Gasteiger partial charge in [0.1, 0.15) is 0 Å². The van der Waals surface area contributed by atoms with Crippen molar-refractivity contribution in [2.24, 2.45) is 11.8 Å². The van der Waals surface area contributed by atoms with Gasteiger partial charge in [0.05, 0.1) is 16.8 Å². The summed E-state index contributed by atoms with van der Waals surface area (Å²) in [6.45, 7) is 2.89. The first kappa shape index (κ1) is 13.9. The fraction of sp³-hybridized carbons (Fsp3) is 0.647. The number of hydrogen-bond donors (Lipinski definition) is 2. The Morgan fingerprint density at radius 2 is 2.05 bits per heavy atom. The Bertz CT molecular complexity index is 532. The van der Waals surface area contributed by atoms with E-state index in [9.17, 15) is 5.11 Å². The van der Waals surface area contributed by atoms with E-state index in [1.54, 1.807) is 0 Å². The van der Waals surface area contributed by atoms with Gasteiger partial charge >= 0.3 is 0 Å². The third kappa shape index (κ3) is 2.67. The summed E-state index contributed by atoms with van der Waals surface area (Å²) >= 11 is 6.50. The van der Waals surface area contributed by atoms with Gasteiger partial charge in [0.2, 0.25) is 0 Å². The van der Waals surface area contributed by atoms with E-state index >= 15 is 0 Å². The average Bonchev–Trinajstić information content (AvgIpc) is 3.11. The Labute approximate surface area is 131 Å². The van der Waals surface area contributed by atoms with Crippen LogP contribution in [0.4, 0.5) is 5.69 Å². The largest absolute Gasteiger partial charge is 0.393 e. The molecule has 4 rings (SSSR count). The molecule has 0 radical (unpaired) electrons. The van der Waals surface area contributed by atoms with Gasteiger partial charge in [-0.1, -0.05) is 23.7 Å². The van der Waals surface area contributed by atoms with Crippen molar-refractivity contribution in [3.8, 4) is 0 Å². The van der Waals surface area contributed by atoms with Crippen LogP contribution >= 0.6 is 11.6 Å². The molecule has 2 aliphatic carbocycles. The predicted molar refractivity (Wildman–Crippen MR) is 85.7 cm³/mol. The van der Waals surface area contributed by atoms with Crippen molar-refractivity contribution in [2.45, 2.75) is 44.4 Å². The minimum atomic E-state index is -0.115. The molecule has 1 aromatic rings. The van der Waals surface area contributed by atoms with Gasteiger partial charge in [0.15, 0.2) is 0 Å². The molecule has 3 nitrogen and oxygen atoms in total. The number of nitrogens with zero attached hydrogens (tertiary/aromatic N) is 1. The first-order valence-corrected chi connectivity index (χ1v) is 8.54. The maximum Gasteiger partial charge on any atom is 0.0642 e. The highest BCUT2D eigenvalue weighted by Gasteiger charge is 2.42. The van der Waals surface area contributed by atoms with Gasteiger partial charge in [-0.2, -0.15) is 0 Å². The standard InChI is InChI=1S/C17H23ClN2O/c18-15-3-1-2-11(8-19-13-5-6-13)17(15)20-9-12-4-7-16(21)14(12)10-20/h1-3,12-14,16,19,21H,4-10H2. The van der Waals surface area contributed by atoms with Gasteiger partial charge in [0, 0.05) is 31.6 Å². The number of halogens is 1. The highest BCUT2D eigenvalue weighted by molar-refractivity contribution is 6.33. The van der Waals surface area contributed by atoms with Crippen LogP contribution in [-0.2, 0) is 6.54 Å². The van der Waals surface area contributed by atoms with E-state index in [2.05, 4.69) is 16.3 Å². The van der Waals surface area contributed by atoms with Crippen molar-refractivity contribution in [3.63, 3.8) is 0 Å². The number of benzene rings is 1. The molecule has 3 aliphatic rings. The zero-order valence-corrected chi connectivity index (χ0v) is 13.0. The summed E-state index contributed by atoms with van der Waals surface area (Å²) in [5, 5.41) is 14.6. The van der Waals surface area contributed by atoms with Gasteiger partial charge in [-0.05, 0) is 43.2 Å². The Morgan fingerprint density at radius 1 is 1.19 bits per heavy atom. The van der Waals surface area contributed by atoms with Crippen LogP contribution in [0.2, 0.25) is 5.02 Å². The first-order chi connectivity index (χ1) is 10.2. The molecular weight excluding hydrogens is 284 g/mol. The van der Waals surface area contributed by atoms with E-state index in [1.807, 2.05) is 12.1 Å². The van der Waals surface area contributed by atoms with Crippen LogP contribution in [0.15, 0.2) is 18.2 Å². The number of hydrogen-bond acceptors (Lipinski definition) is 3. The third-order valence-corrected chi connectivity index (χ3v) is 5.67. The molecule has 2 saturated carbocycles. The summed E-state index contributed by atoms with van der Waals surface area (Å²) in [6, 6.07) is 6.92. The van der Waals surface area contributed by atoms with E-state index in [1.165, 1.54) is 24.1 Å². The number of anilines is 1. The Hall–Kier alpha value is -0.770. The Kier molecular flexibility index (Phi) is 3.60. The van der Waals surface area contributed by atoms with Crippen LogP contribution in [0.1, 0.15) is 31.2 Å². The fourth-order valence-electron chi connectivity index (χ4n) is 4.02. The highest BCUT2D eigenvalue weighted by Crippen LogP contribution is 2.42. The maximum atomic E-state index is 10.1. The molecule has 2 N–H and O–H groups in total. The molecule has 0 bridgehead atoms. The van der Waals surface area contributed by atoms with Crippen molar-refractivity contribution in [1.29, 1.82) is 0 Å². The van der Waals surface area contributed by atoms with Crippen molar-refractivity contribution in [1.82, 2.24) is 5.32 Å². The highest BCUT2D eigenvalue weighted by atomic mass is 35.5. The predicted octanol–water partition coefficient (Wildman–Crippen LogP) is 2.80. The van der Waals surface area contributed by atoms with E-state index < -0.39 is 0 Å². The van der Waals surface area contributed by atoms with E-state index in [-0.39, 0.29) is 6.10 Å². The first-order valence-electron chi connectivity index (χ1n) is 8.16. The number of rotatable bonds is 4. The number of aliphatic hydroxyl groups is 1. The summed E-state index contributed by atoms with van der Waals surface area (Å²) in [6.07, 6.45) is 4.62. The van der Waals surface area contributed by atoms with Crippen molar-refractivity contribution < 1.29 is 5.11 Å². The monoisotopic (exact) mass is 306 g/mol. The molecule has 1 aromatic carbocycles. The number of para-hydroxylation sites is 1. The summed E-state index contributed by atoms with van der Waals surface area (Å²) in [5.41, 5.74) is 2.48. The zero-order chi connectivity index (χ0) is 14.4. The van der Waals surface area contributed by atoms with Crippen molar-refractivity contribution >= 4 is 17.3 Å². The summed E-state index contributed by atoms with van der Waals surface area (Å²) in [7, 11) is 0. The lowest BCUT2D eigenvalue weighted by Gasteiger charge is -2.25. The average molecular weight is 307 g/mol. The van der Waals surface area contributed by atoms with E-state index in [4.69, 9.17) is 11.6 Å². The lowest BCUT2D eigenvalue weighted by atomic mass is 10.00. The van der Waals surface area contributed by atoms with Gasteiger partial charge in [0.25, 0.3) is 0 Å². The van der Waals surface area contributed by atoms with Crippen LogP contribution in [0.3, 0.4) is 0 Å². The molecule has 4 heteroatoms. The molecule has 1 heterocycles. The SMILES string of the molecule is OC1CCC2CN(c3c(Cl)cccc3CNC3CC3)CC12. The van der Waals surface area contributed by atoms with Gasteiger partial charge in [-0.25, -0.2) is 0 Å². The molecule has 3 atom stereocenters. The third-order valence-electron chi connectivity index (χ3n) is 5.36.